The third-order valence-corrected chi connectivity index (χ3v) is 5.62. The SMILES string of the molecule is CCCCCNC(=O)C1CCN(C(=O)c2cc3cc(C)ccc3nc2C)CC1. The minimum absolute atomic E-state index is 0.0177. The highest BCUT2D eigenvalue weighted by molar-refractivity contribution is 5.98. The second kappa shape index (κ2) is 9.18. The number of piperidine rings is 1. The number of pyridine rings is 1. The highest BCUT2D eigenvalue weighted by Gasteiger charge is 2.28. The summed E-state index contributed by atoms with van der Waals surface area (Å²) in [6, 6.07) is 8.05. The van der Waals surface area contributed by atoms with Gasteiger partial charge in [-0.1, -0.05) is 31.4 Å². The summed E-state index contributed by atoms with van der Waals surface area (Å²) in [6.45, 7) is 8.09. The lowest BCUT2D eigenvalue weighted by molar-refractivity contribution is -0.126. The number of aryl methyl sites for hydroxylation is 2. The van der Waals surface area contributed by atoms with Gasteiger partial charge in [-0.2, -0.15) is 0 Å². The van der Waals surface area contributed by atoms with Gasteiger partial charge in [0.05, 0.1) is 16.8 Å². The van der Waals surface area contributed by atoms with E-state index in [0.29, 0.717) is 18.7 Å². The Balaban J connectivity index is 1.61. The maximum absolute atomic E-state index is 13.1. The van der Waals surface area contributed by atoms with E-state index in [9.17, 15) is 9.59 Å². The van der Waals surface area contributed by atoms with Gasteiger partial charge in [0.25, 0.3) is 5.91 Å². The number of carbonyl (C=O) groups is 2. The summed E-state index contributed by atoms with van der Waals surface area (Å²) >= 11 is 0. The van der Waals surface area contributed by atoms with Crippen molar-refractivity contribution in [3.8, 4) is 0 Å². The molecule has 150 valence electrons. The van der Waals surface area contributed by atoms with Crippen molar-refractivity contribution in [2.45, 2.75) is 52.9 Å². The molecule has 2 heterocycles. The lowest BCUT2D eigenvalue weighted by Crippen LogP contribution is -2.43. The Morgan fingerprint density at radius 1 is 1.14 bits per heavy atom. The first kappa shape index (κ1) is 20.3. The number of carbonyl (C=O) groups excluding carboxylic acids is 2. The fourth-order valence-corrected chi connectivity index (χ4v) is 3.85. The van der Waals surface area contributed by atoms with Crippen LogP contribution >= 0.6 is 0 Å². The summed E-state index contributed by atoms with van der Waals surface area (Å²) in [7, 11) is 0. The van der Waals surface area contributed by atoms with E-state index in [2.05, 4.69) is 23.3 Å². The van der Waals surface area contributed by atoms with Crippen LogP contribution in [0.5, 0.6) is 0 Å². The molecule has 5 heteroatoms. The first-order chi connectivity index (χ1) is 13.5. The predicted octanol–water partition coefficient (Wildman–Crippen LogP) is 4.01. The average Bonchev–Trinajstić information content (AvgIpc) is 2.70. The fourth-order valence-electron chi connectivity index (χ4n) is 3.85. The van der Waals surface area contributed by atoms with Crippen LogP contribution in [-0.2, 0) is 4.79 Å². The summed E-state index contributed by atoms with van der Waals surface area (Å²) in [5.41, 5.74) is 3.50. The first-order valence-corrected chi connectivity index (χ1v) is 10.4. The van der Waals surface area contributed by atoms with Crippen LogP contribution < -0.4 is 5.32 Å². The van der Waals surface area contributed by atoms with E-state index >= 15 is 0 Å². The van der Waals surface area contributed by atoms with Gasteiger partial charge in [0.15, 0.2) is 0 Å². The number of rotatable bonds is 6. The van der Waals surface area contributed by atoms with E-state index in [-0.39, 0.29) is 17.7 Å². The Morgan fingerprint density at radius 3 is 2.61 bits per heavy atom. The normalized spacial score (nSPS) is 15.0. The molecule has 1 N–H and O–H groups in total. The Bertz CT molecular complexity index is 854. The number of aromatic nitrogens is 1. The summed E-state index contributed by atoms with van der Waals surface area (Å²) < 4.78 is 0. The highest BCUT2D eigenvalue weighted by atomic mass is 16.2. The highest BCUT2D eigenvalue weighted by Crippen LogP contribution is 2.23. The number of unbranched alkanes of at least 4 members (excludes halogenated alkanes) is 2. The van der Waals surface area contributed by atoms with E-state index in [1.165, 1.54) is 0 Å². The van der Waals surface area contributed by atoms with Crippen molar-refractivity contribution in [3.05, 3.63) is 41.1 Å². The van der Waals surface area contributed by atoms with Gasteiger partial charge < -0.3 is 10.2 Å². The molecule has 0 spiro atoms. The molecule has 0 unspecified atom stereocenters. The van der Waals surface area contributed by atoms with Crippen molar-refractivity contribution in [3.63, 3.8) is 0 Å². The number of hydrogen-bond acceptors (Lipinski definition) is 3. The van der Waals surface area contributed by atoms with Crippen molar-refractivity contribution in [2.75, 3.05) is 19.6 Å². The van der Waals surface area contributed by atoms with Crippen LogP contribution in [0, 0.1) is 19.8 Å². The Hall–Kier alpha value is -2.43. The molecular weight excluding hydrogens is 350 g/mol. The molecule has 28 heavy (non-hydrogen) atoms. The number of likely N-dealkylation sites (tertiary alicyclic amines) is 1. The molecule has 2 amide bonds. The molecule has 1 aromatic carbocycles. The smallest absolute Gasteiger partial charge is 0.255 e. The van der Waals surface area contributed by atoms with Crippen LogP contribution in [0.2, 0.25) is 0 Å². The van der Waals surface area contributed by atoms with Gasteiger partial charge in [0.2, 0.25) is 5.91 Å². The van der Waals surface area contributed by atoms with E-state index in [1.807, 2.05) is 36.9 Å². The fraction of sp³-hybridized carbons (Fsp3) is 0.522. The summed E-state index contributed by atoms with van der Waals surface area (Å²) in [4.78, 5) is 31.9. The van der Waals surface area contributed by atoms with Crippen molar-refractivity contribution in [2.24, 2.45) is 5.92 Å². The van der Waals surface area contributed by atoms with Crippen molar-refractivity contribution in [1.82, 2.24) is 15.2 Å². The monoisotopic (exact) mass is 381 g/mol. The Labute approximate surface area is 167 Å². The molecule has 0 atom stereocenters. The molecule has 2 aromatic rings. The number of fused-ring (bicyclic) bond motifs is 1. The molecule has 1 fully saturated rings. The molecular formula is C23H31N3O2. The molecule has 0 aliphatic carbocycles. The van der Waals surface area contributed by atoms with Crippen LogP contribution in [0.3, 0.4) is 0 Å². The maximum Gasteiger partial charge on any atom is 0.255 e. The third kappa shape index (κ3) is 4.70. The standard InChI is InChI=1S/C23H31N3O2/c1-4-5-6-11-24-22(27)18-9-12-26(13-10-18)23(28)20-15-19-14-16(2)7-8-21(19)25-17(20)3/h7-8,14-15,18H,4-6,9-13H2,1-3H3,(H,24,27). The quantitative estimate of drug-likeness (QED) is 0.769. The Morgan fingerprint density at radius 2 is 1.89 bits per heavy atom. The molecule has 0 bridgehead atoms. The van der Waals surface area contributed by atoms with Crippen molar-refractivity contribution < 1.29 is 9.59 Å². The third-order valence-electron chi connectivity index (χ3n) is 5.62. The number of amides is 2. The first-order valence-electron chi connectivity index (χ1n) is 10.4. The van der Waals surface area contributed by atoms with Gasteiger partial charge >= 0.3 is 0 Å². The zero-order chi connectivity index (χ0) is 20.1. The molecule has 3 rings (SSSR count). The molecule has 0 radical (unpaired) electrons. The van der Waals surface area contributed by atoms with Crippen LogP contribution in [0.25, 0.3) is 10.9 Å². The van der Waals surface area contributed by atoms with Crippen LogP contribution in [0.15, 0.2) is 24.3 Å². The second-order valence-corrected chi connectivity index (χ2v) is 7.88. The van der Waals surface area contributed by atoms with Gasteiger partial charge in [0, 0.05) is 30.9 Å². The number of nitrogens with one attached hydrogen (secondary N) is 1. The Kier molecular flexibility index (Phi) is 6.65. The van der Waals surface area contributed by atoms with E-state index in [1.54, 1.807) is 0 Å². The zero-order valence-electron chi connectivity index (χ0n) is 17.3. The molecule has 1 aliphatic heterocycles. The number of nitrogens with zero attached hydrogens (tertiary/aromatic N) is 2. The molecule has 1 aromatic heterocycles. The molecule has 5 nitrogen and oxygen atoms in total. The van der Waals surface area contributed by atoms with Crippen molar-refractivity contribution >= 4 is 22.7 Å². The maximum atomic E-state index is 13.1. The van der Waals surface area contributed by atoms with Crippen molar-refractivity contribution in [1.29, 1.82) is 0 Å². The van der Waals surface area contributed by atoms with Crippen LogP contribution in [0.4, 0.5) is 0 Å². The lowest BCUT2D eigenvalue weighted by atomic mass is 9.95. The van der Waals surface area contributed by atoms with Gasteiger partial charge in [-0.25, -0.2) is 0 Å². The van der Waals surface area contributed by atoms with Gasteiger partial charge in [-0.05, 0) is 51.3 Å². The molecule has 0 saturated carbocycles. The number of hydrogen-bond donors (Lipinski definition) is 1. The second-order valence-electron chi connectivity index (χ2n) is 7.88. The summed E-state index contributed by atoms with van der Waals surface area (Å²) in [6.07, 6.45) is 4.78. The molecule has 1 aliphatic rings. The van der Waals surface area contributed by atoms with E-state index < -0.39 is 0 Å². The predicted molar refractivity (Wildman–Crippen MR) is 112 cm³/mol. The minimum atomic E-state index is 0.0177. The topological polar surface area (TPSA) is 62.3 Å². The van der Waals surface area contributed by atoms with Crippen LogP contribution in [-0.4, -0.2) is 41.3 Å². The van der Waals surface area contributed by atoms with Crippen LogP contribution in [0.1, 0.15) is 60.6 Å². The largest absolute Gasteiger partial charge is 0.356 e. The van der Waals surface area contributed by atoms with E-state index in [0.717, 1.165) is 60.8 Å². The van der Waals surface area contributed by atoms with E-state index in [4.69, 9.17) is 0 Å². The summed E-state index contributed by atoms with van der Waals surface area (Å²) in [5.74, 6) is 0.182. The zero-order valence-corrected chi connectivity index (χ0v) is 17.3. The van der Waals surface area contributed by atoms with Gasteiger partial charge in [-0.15, -0.1) is 0 Å². The van der Waals surface area contributed by atoms with Gasteiger partial charge in [-0.3, -0.25) is 14.6 Å². The van der Waals surface area contributed by atoms with Gasteiger partial charge in [0.1, 0.15) is 0 Å². The average molecular weight is 382 g/mol. The minimum Gasteiger partial charge on any atom is -0.356 e. The molecule has 1 saturated heterocycles. The number of benzene rings is 1. The summed E-state index contributed by atoms with van der Waals surface area (Å²) in [5, 5.41) is 4.04. The lowest BCUT2D eigenvalue weighted by Gasteiger charge is -2.31.